The first-order valence-electron chi connectivity index (χ1n) is 7.06. The van der Waals surface area contributed by atoms with E-state index in [1.807, 2.05) is 39.8 Å². The Morgan fingerprint density at radius 2 is 1.91 bits per heavy atom. The SMILES string of the molecule is Cc1cccc(N(CC(C)(C)C)S(=O)(=O)c2ccnn2C)n1. The molecule has 2 rings (SSSR count). The Morgan fingerprint density at radius 1 is 1.23 bits per heavy atom. The number of aromatic nitrogens is 3. The van der Waals surface area contributed by atoms with Crippen LogP contribution in [0, 0.1) is 12.3 Å². The van der Waals surface area contributed by atoms with Crippen molar-refractivity contribution < 1.29 is 8.42 Å². The molecule has 0 saturated carbocycles. The van der Waals surface area contributed by atoms with Crippen LogP contribution in [0.15, 0.2) is 35.5 Å². The van der Waals surface area contributed by atoms with Gasteiger partial charge in [0.25, 0.3) is 10.0 Å². The maximum Gasteiger partial charge on any atom is 0.282 e. The van der Waals surface area contributed by atoms with Gasteiger partial charge in [0.05, 0.1) is 6.20 Å². The first-order chi connectivity index (χ1) is 10.1. The van der Waals surface area contributed by atoms with Crippen molar-refractivity contribution in [1.29, 1.82) is 0 Å². The summed E-state index contributed by atoms with van der Waals surface area (Å²) in [6.07, 6.45) is 1.48. The van der Waals surface area contributed by atoms with Gasteiger partial charge in [-0.3, -0.25) is 4.68 Å². The van der Waals surface area contributed by atoms with E-state index in [-0.39, 0.29) is 10.4 Å². The smallest absolute Gasteiger partial charge is 0.256 e. The first kappa shape index (κ1) is 16.5. The third-order valence-corrected chi connectivity index (χ3v) is 4.90. The second kappa shape index (κ2) is 5.72. The number of pyridine rings is 1. The second-order valence-electron chi connectivity index (χ2n) is 6.50. The minimum absolute atomic E-state index is 0.153. The summed E-state index contributed by atoms with van der Waals surface area (Å²) in [5.41, 5.74) is 0.563. The van der Waals surface area contributed by atoms with E-state index in [0.717, 1.165) is 5.69 Å². The van der Waals surface area contributed by atoms with Gasteiger partial charge in [-0.05, 0) is 30.5 Å². The van der Waals surface area contributed by atoms with Gasteiger partial charge in [0.1, 0.15) is 5.82 Å². The molecule has 0 radical (unpaired) electrons. The highest BCUT2D eigenvalue weighted by Gasteiger charge is 2.31. The lowest BCUT2D eigenvalue weighted by Crippen LogP contribution is -2.39. The number of hydrogen-bond donors (Lipinski definition) is 0. The van der Waals surface area contributed by atoms with Crippen molar-refractivity contribution in [1.82, 2.24) is 14.8 Å². The van der Waals surface area contributed by atoms with Crippen LogP contribution in [-0.2, 0) is 17.1 Å². The zero-order valence-electron chi connectivity index (χ0n) is 13.6. The molecule has 0 atom stereocenters. The van der Waals surface area contributed by atoms with Gasteiger partial charge in [-0.15, -0.1) is 0 Å². The molecule has 0 saturated heterocycles. The minimum atomic E-state index is -3.72. The quantitative estimate of drug-likeness (QED) is 0.866. The molecule has 0 bridgehead atoms. The number of rotatable bonds is 4. The van der Waals surface area contributed by atoms with Crippen molar-refractivity contribution in [3.8, 4) is 0 Å². The van der Waals surface area contributed by atoms with Crippen molar-refractivity contribution in [2.24, 2.45) is 12.5 Å². The van der Waals surface area contributed by atoms with Crippen molar-refractivity contribution in [2.45, 2.75) is 32.7 Å². The molecule has 6 nitrogen and oxygen atoms in total. The number of hydrogen-bond acceptors (Lipinski definition) is 4. The van der Waals surface area contributed by atoms with Crippen molar-refractivity contribution >= 4 is 15.8 Å². The molecular weight excluding hydrogens is 300 g/mol. The number of sulfonamides is 1. The Morgan fingerprint density at radius 3 is 2.41 bits per heavy atom. The molecule has 0 aliphatic heterocycles. The lowest BCUT2D eigenvalue weighted by atomic mass is 9.97. The molecular formula is C15H22N4O2S. The molecule has 2 aromatic rings. The fourth-order valence-corrected chi connectivity index (χ4v) is 3.86. The van der Waals surface area contributed by atoms with E-state index in [0.29, 0.717) is 12.4 Å². The van der Waals surface area contributed by atoms with Crippen LogP contribution < -0.4 is 4.31 Å². The van der Waals surface area contributed by atoms with Gasteiger partial charge in [0.15, 0.2) is 5.03 Å². The Kier molecular flexibility index (Phi) is 4.28. The lowest BCUT2D eigenvalue weighted by Gasteiger charge is -2.30. The summed E-state index contributed by atoms with van der Waals surface area (Å²) in [5, 5.41) is 4.12. The molecule has 120 valence electrons. The van der Waals surface area contributed by atoms with Crippen LogP contribution in [0.4, 0.5) is 5.82 Å². The first-order valence-corrected chi connectivity index (χ1v) is 8.50. The molecule has 0 aliphatic carbocycles. The van der Waals surface area contributed by atoms with Gasteiger partial charge in [-0.25, -0.2) is 9.29 Å². The van der Waals surface area contributed by atoms with Gasteiger partial charge >= 0.3 is 0 Å². The molecule has 22 heavy (non-hydrogen) atoms. The fraction of sp³-hybridized carbons (Fsp3) is 0.467. The molecule has 2 heterocycles. The van der Waals surface area contributed by atoms with Crippen LogP contribution in [0.25, 0.3) is 0 Å². The molecule has 7 heteroatoms. The average Bonchev–Trinajstić information content (AvgIpc) is 2.82. The van der Waals surface area contributed by atoms with E-state index in [9.17, 15) is 8.42 Å². The summed E-state index contributed by atoms with van der Waals surface area (Å²) < 4.78 is 28.8. The molecule has 0 unspecified atom stereocenters. The highest BCUT2D eigenvalue weighted by Crippen LogP contribution is 2.26. The maximum absolute atomic E-state index is 13.0. The van der Waals surface area contributed by atoms with Crippen LogP contribution >= 0.6 is 0 Å². The van der Waals surface area contributed by atoms with Crippen LogP contribution in [0.1, 0.15) is 26.5 Å². The zero-order chi connectivity index (χ0) is 16.5. The minimum Gasteiger partial charge on any atom is -0.256 e. The predicted octanol–water partition coefficient (Wildman–Crippen LogP) is 2.36. The number of aryl methyl sites for hydroxylation is 2. The summed E-state index contributed by atoms with van der Waals surface area (Å²) >= 11 is 0. The van der Waals surface area contributed by atoms with Gasteiger partial charge in [0.2, 0.25) is 0 Å². The normalized spacial score (nSPS) is 12.4. The second-order valence-corrected chi connectivity index (χ2v) is 8.31. The number of anilines is 1. The molecule has 0 N–H and O–H groups in total. The van der Waals surface area contributed by atoms with E-state index in [1.54, 1.807) is 13.1 Å². The van der Waals surface area contributed by atoms with E-state index in [2.05, 4.69) is 10.1 Å². The van der Waals surface area contributed by atoms with Crippen LogP contribution in [-0.4, -0.2) is 29.7 Å². The predicted molar refractivity (Wildman–Crippen MR) is 86.2 cm³/mol. The van der Waals surface area contributed by atoms with Gasteiger partial charge < -0.3 is 0 Å². The summed E-state index contributed by atoms with van der Waals surface area (Å²) in [6, 6.07) is 6.87. The zero-order valence-corrected chi connectivity index (χ0v) is 14.4. The molecule has 0 spiro atoms. The average molecular weight is 322 g/mol. The highest BCUT2D eigenvalue weighted by molar-refractivity contribution is 7.92. The summed E-state index contributed by atoms with van der Waals surface area (Å²) in [5.74, 6) is 0.427. The summed E-state index contributed by atoms with van der Waals surface area (Å²) in [6.45, 7) is 8.16. The van der Waals surface area contributed by atoms with E-state index in [1.165, 1.54) is 21.3 Å². The Bertz CT molecular complexity index is 760. The van der Waals surface area contributed by atoms with Gasteiger partial charge in [-0.1, -0.05) is 26.8 Å². The summed E-state index contributed by atoms with van der Waals surface area (Å²) in [4.78, 5) is 4.38. The number of nitrogens with zero attached hydrogens (tertiary/aromatic N) is 4. The largest absolute Gasteiger partial charge is 0.282 e. The van der Waals surface area contributed by atoms with Crippen molar-refractivity contribution in [2.75, 3.05) is 10.8 Å². The molecule has 0 aliphatic rings. The third kappa shape index (κ3) is 3.47. The van der Waals surface area contributed by atoms with Crippen molar-refractivity contribution in [3.05, 3.63) is 36.2 Å². The standard InChI is InChI=1S/C15H22N4O2S/c1-12-7-6-8-13(17-12)19(11-15(2,3)4)22(20,21)14-9-10-16-18(14)5/h6-10H,11H2,1-5H3. The Hall–Kier alpha value is -1.89. The maximum atomic E-state index is 13.0. The third-order valence-electron chi connectivity index (χ3n) is 3.08. The van der Waals surface area contributed by atoms with E-state index in [4.69, 9.17) is 0 Å². The van der Waals surface area contributed by atoms with Crippen LogP contribution in [0.3, 0.4) is 0 Å². The van der Waals surface area contributed by atoms with Gasteiger partial charge in [-0.2, -0.15) is 13.5 Å². The molecule has 2 aromatic heterocycles. The molecule has 0 amide bonds. The van der Waals surface area contributed by atoms with Crippen LogP contribution in [0.2, 0.25) is 0 Å². The van der Waals surface area contributed by atoms with Gasteiger partial charge in [0, 0.05) is 19.3 Å². The summed E-state index contributed by atoms with van der Waals surface area (Å²) in [7, 11) is -2.10. The van der Waals surface area contributed by atoms with Crippen molar-refractivity contribution in [3.63, 3.8) is 0 Å². The monoisotopic (exact) mass is 322 g/mol. The highest BCUT2D eigenvalue weighted by atomic mass is 32.2. The van der Waals surface area contributed by atoms with E-state index < -0.39 is 10.0 Å². The lowest BCUT2D eigenvalue weighted by molar-refractivity contribution is 0.424. The Balaban J connectivity index is 2.56. The molecule has 0 fully saturated rings. The fourth-order valence-electron chi connectivity index (χ4n) is 2.12. The van der Waals surface area contributed by atoms with E-state index >= 15 is 0 Å². The molecule has 0 aromatic carbocycles. The topological polar surface area (TPSA) is 68.1 Å². The Labute approximate surface area is 131 Å². The van der Waals surface area contributed by atoms with Crippen LogP contribution in [0.5, 0.6) is 0 Å².